The number of halogens is 3. The number of hydrogen-bond acceptors (Lipinski definition) is 2. The molecule has 0 aromatic heterocycles. The molecule has 2 unspecified atom stereocenters. The van der Waals surface area contributed by atoms with Crippen LogP contribution in [0.4, 0.5) is 13.2 Å². The maximum atomic E-state index is 14.0. The summed E-state index contributed by atoms with van der Waals surface area (Å²) < 4.78 is 40.5. The number of benzene rings is 1. The Bertz CT molecular complexity index is 548. The average molecular weight is 300 g/mol. The highest BCUT2D eigenvalue weighted by molar-refractivity contribution is 5.78. The van der Waals surface area contributed by atoms with E-state index in [0.29, 0.717) is 19.0 Å². The third kappa shape index (κ3) is 3.20. The molecule has 1 aliphatic heterocycles. The second kappa shape index (κ2) is 6.05. The highest BCUT2D eigenvalue weighted by Crippen LogP contribution is 2.33. The van der Waals surface area contributed by atoms with E-state index in [1.165, 1.54) is 4.90 Å². The summed E-state index contributed by atoms with van der Waals surface area (Å²) in [6.07, 6.45) is 0.687. The van der Waals surface area contributed by atoms with Gasteiger partial charge in [0.15, 0.2) is 11.6 Å². The van der Waals surface area contributed by atoms with Gasteiger partial charge in [-0.05, 0) is 18.4 Å². The van der Waals surface area contributed by atoms with Crippen LogP contribution in [-0.4, -0.2) is 23.4 Å². The molecule has 3 nitrogen and oxygen atoms in total. The molecule has 1 heterocycles. The normalized spacial score (nSPS) is 23.0. The molecule has 0 aliphatic carbocycles. The molecule has 2 N–H and O–H groups in total. The summed E-state index contributed by atoms with van der Waals surface area (Å²) >= 11 is 0. The number of carbonyl (C=O) groups is 1. The lowest BCUT2D eigenvalue weighted by molar-refractivity contribution is -0.138. The zero-order valence-electron chi connectivity index (χ0n) is 12.1. The van der Waals surface area contributed by atoms with Crippen LogP contribution < -0.4 is 5.73 Å². The van der Waals surface area contributed by atoms with Crippen molar-refractivity contribution in [1.82, 2.24) is 4.90 Å². The minimum atomic E-state index is -1.25. The van der Waals surface area contributed by atoms with Gasteiger partial charge in [-0.15, -0.1) is 0 Å². The highest BCUT2D eigenvalue weighted by Gasteiger charge is 2.37. The van der Waals surface area contributed by atoms with Gasteiger partial charge in [-0.25, -0.2) is 13.2 Å². The van der Waals surface area contributed by atoms with E-state index in [0.717, 1.165) is 6.07 Å². The first kappa shape index (κ1) is 15.8. The van der Waals surface area contributed by atoms with Crippen molar-refractivity contribution >= 4 is 5.91 Å². The topological polar surface area (TPSA) is 46.3 Å². The summed E-state index contributed by atoms with van der Waals surface area (Å²) in [7, 11) is 0. The molecule has 1 aromatic rings. The van der Waals surface area contributed by atoms with Crippen molar-refractivity contribution in [3.63, 3.8) is 0 Å². The second-order valence-corrected chi connectivity index (χ2v) is 5.88. The SMILES string of the molecule is CC(C)CN1C(=O)CCC(N)C1c1cc(F)c(F)cc1F. The van der Waals surface area contributed by atoms with E-state index in [9.17, 15) is 18.0 Å². The fraction of sp³-hybridized carbons (Fsp3) is 0.533. The number of likely N-dealkylation sites (tertiary alicyclic amines) is 1. The van der Waals surface area contributed by atoms with Crippen molar-refractivity contribution in [1.29, 1.82) is 0 Å². The van der Waals surface area contributed by atoms with Gasteiger partial charge in [-0.3, -0.25) is 4.79 Å². The largest absolute Gasteiger partial charge is 0.334 e. The van der Waals surface area contributed by atoms with Gasteiger partial charge in [0.05, 0.1) is 6.04 Å². The molecular weight excluding hydrogens is 281 g/mol. The molecule has 1 saturated heterocycles. The summed E-state index contributed by atoms with van der Waals surface area (Å²) in [5.41, 5.74) is 5.96. The fourth-order valence-electron chi connectivity index (χ4n) is 2.75. The molecule has 0 radical (unpaired) electrons. The summed E-state index contributed by atoms with van der Waals surface area (Å²) in [5.74, 6) is -3.24. The van der Waals surface area contributed by atoms with Crippen LogP contribution in [0.25, 0.3) is 0 Å². The van der Waals surface area contributed by atoms with E-state index in [-0.39, 0.29) is 23.8 Å². The Kier molecular flexibility index (Phi) is 4.56. The Morgan fingerprint density at radius 3 is 2.48 bits per heavy atom. The van der Waals surface area contributed by atoms with Crippen LogP contribution in [0.1, 0.15) is 38.3 Å². The van der Waals surface area contributed by atoms with Crippen LogP contribution in [0.2, 0.25) is 0 Å². The molecule has 2 rings (SSSR count). The van der Waals surface area contributed by atoms with E-state index in [2.05, 4.69) is 0 Å². The van der Waals surface area contributed by atoms with Crippen LogP contribution >= 0.6 is 0 Å². The zero-order chi connectivity index (χ0) is 15.7. The van der Waals surface area contributed by atoms with Crippen LogP contribution in [0.5, 0.6) is 0 Å². The first-order chi connectivity index (χ1) is 9.81. The van der Waals surface area contributed by atoms with Gasteiger partial charge >= 0.3 is 0 Å². The zero-order valence-corrected chi connectivity index (χ0v) is 12.1. The molecule has 6 heteroatoms. The third-order valence-electron chi connectivity index (χ3n) is 3.67. The van der Waals surface area contributed by atoms with Crippen molar-refractivity contribution in [2.24, 2.45) is 11.7 Å². The number of amides is 1. The maximum absolute atomic E-state index is 14.0. The van der Waals surface area contributed by atoms with Crippen molar-refractivity contribution in [2.45, 2.75) is 38.8 Å². The quantitative estimate of drug-likeness (QED) is 0.873. The predicted molar refractivity (Wildman–Crippen MR) is 72.8 cm³/mol. The first-order valence-electron chi connectivity index (χ1n) is 7.00. The lowest BCUT2D eigenvalue weighted by atomic mass is 9.89. The second-order valence-electron chi connectivity index (χ2n) is 5.88. The van der Waals surface area contributed by atoms with Gasteiger partial charge < -0.3 is 10.6 Å². The van der Waals surface area contributed by atoms with Crippen LogP contribution in [-0.2, 0) is 4.79 Å². The number of piperidine rings is 1. The summed E-state index contributed by atoms with van der Waals surface area (Å²) in [5, 5.41) is 0. The monoisotopic (exact) mass is 300 g/mol. The summed E-state index contributed by atoms with van der Waals surface area (Å²) in [4.78, 5) is 13.6. The lowest BCUT2D eigenvalue weighted by Crippen LogP contribution is -2.50. The number of carbonyl (C=O) groups excluding carboxylic acids is 1. The van der Waals surface area contributed by atoms with Gasteiger partial charge in [0.1, 0.15) is 5.82 Å². The van der Waals surface area contributed by atoms with Crippen molar-refractivity contribution < 1.29 is 18.0 Å². The standard InChI is InChI=1S/C15H19F3N2O/c1-8(2)7-20-14(21)4-3-13(19)15(20)9-5-11(17)12(18)6-10(9)16/h5-6,8,13,15H,3-4,7,19H2,1-2H3. The van der Waals surface area contributed by atoms with Gasteiger partial charge in [0, 0.05) is 30.6 Å². The minimum absolute atomic E-state index is 0.0601. The van der Waals surface area contributed by atoms with E-state index in [1.54, 1.807) is 0 Å². The van der Waals surface area contributed by atoms with E-state index < -0.39 is 29.5 Å². The van der Waals surface area contributed by atoms with Gasteiger partial charge in [-0.2, -0.15) is 0 Å². The maximum Gasteiger partial charge on any atom is 0.223 e. The van der Waals surface area contributed by atoms with E-state index in [1.807, 2.05) is 13.8 Å². The molecule has 21 heavy (non-hydrogen) atoms. The molecular formula is C15H19F3N2O. The number of nitrogens with two attached hydrogens (primary N) is 1. The average Bonchev–Trinajstić information content (AvgIpc) is 2.39. The van der Waals surface area contributed by atoms with Crippen LogP contribution in [0, 0.1) is 23.4 Å². The van der Waals surface area contributed by atoms with Gasteiger partial charge in [-0.1, -0.05) is 13.8 Å². The predicted octanol–water partition coefficient (Wildman–Crippen LogP) is 2.75. The van der Waals surface area contributed by atoms with Crippen molar-refractivity contribution in [2.75, 3.05) is 6.54 Å². The Morgan fingerprint density at radius 2 is 1.86 bits per heavy atom. The lowest BCUT2D eigenvalue weighted by Gasteiger charge is -2.41. The van der Waals surface area contributed by atoms with E-state index >= 15 is 0 Å². The molecule has 1 aromatic carbocycles. The molecule has 116 valence electrons. The molecule has 0 saturated carbocycles. The van der Waals surface area contributed by atoms with Gasteiger partial charge in [0.25, 0.3) is 0 Å². The number of nitrogens with zero attached hydrogens (tertiary/aromatic N) is 1. The Hall–Kier alpha value is -1.56. The van der Waals surface area contributed by atoms with Gasteiger partial charge in [0.2, 0.25) is 5.91 Å². The van der Waals surface area contributed by atoms with E-state index in [4.69, 9.17) is 5.73 Å². The number of hydrogen-bond donors (Lipinski definition) is 1. The van der Waals surface area contributed by atoms with Crippen molar-refractivity contribution in [3.05, 3.63) is 35.1 Å². The molecule has 0 spiro atoms. The summed E-state index contributed by atoms with van der Waals surface area (Å²) in [6.45, 7) is 4.24. The summed E-state index contributed by atoms with van der Waals surface area (Å²) in [6, 6.07) is 0.0510. The first-order valence-corrected chi connectivity index (χ1v) is 7.00. The highest BCUT2D eigenvalue weighted by atomic mass is 19.2. The fourth-order valence-corrected chi connectivity index (χ4v) is 2.75. The molecule has 1 fully saturated rings. The van der Waals surface area contributed by atoms with Crippen LogP contribution in [0.15, 0.2) is 12.1 Å². The smallest absolute Gasteiger partial charge is 0.223 e. The Labute approximate surface area is 121 Å². The third-order valence-corrected chi connectivity index (χ3v) is 3.67. The molecule has 1 aliphatic rings. The molecule has 0 bridgehead atoms. The van der Waals surface area contributed by atoms with Crippen molar-refractivity contribution in [3.8, 4) is 0 Å². The molecule has 2 atom stereocenters. The number of rotatable bonds is 3. The minimum Gasteiger partial charge on any atom is -0.334 e. The Balaban J connectivity index is 2.45. The Morgan fingerprint density at radius 1 is 1.24 bits per heavy atom. The van der Waals surface area contributed by atoms with Crippen LogP contribution in [0.3, 0.4) is 0 Å². The molecule has 1 amide bonds.